The van der Waals surface area contributed by atoms with Gasteiger partial charge in [-0.25, -0.2) is 0 Å². The topological polar surface area (TPSA) is 71.2 Å². The molecule has 1 aliphatic carbocycles. The number of halogens is 3. The number of hydrogen-bond donors (Lipinski definition) is 2. The Hall–Kier alpha value is -2.67. The molecule has 5 nitrogen and oxygen atoms in total. The molecule has 2 N–H and O–H groups in total. The lowest BCUT2D eigenvalue weighted by Crippen LogP contribution is -2.23. The summed E-state index contributed by atoms with van der Waals surface area (Å²) in [6.07, 6.45) is 4.94. The van der Waals surface area contributed by atoms with Crippen molar-refractivity contribution in [1.82, 2.24) is 10.3 Å². The minimum Gasteiger partial charge on any atom is -0.433 e. The molecule has 1 aromatic heterocycles. The molecular formula is C21H19ClF2N2O3. The number of carbonyl (C=O) groups excluding carboxylic acids is 1. The van der Waals surface area contributed by atoms with E-state index in [-0.39, 0.29) is 28.3 Å². The summed E-state index contributed by atoms with van der Waals surface area (Å²) in [4.78, 5) is 27.0. The molecule has 1 saturated carbocycles. The maximum Gasteiger partial charge on any atom is 0.387 e. The van der Waals surface area contributed by atoms with Gasteiger partial charge in [-0.05, 0) is 48.9 Å². The van der Waals surface area contributed by atoms with Crippen molar-refractivity contribution in [3.05, 3.63) is 68.6 Å². The van der Waals surface area contributed by atoms with E-state index in [4.69, 9.17) is 11.6 Å². The van der Waals surface area contributed by atoms with Crippen LogP contribution in [0.1, 0.15) is 48.4 Å². The number of alkyl halides is 2. The average molecular weight is 421 g/mol. The lowest BCUT2D eigenvalue weighted by atomic mass is 9.98. The fourth-order valence-electron chi connectivity index (χ4n) is 3.52. The first-order valence-electron chi connectivity index (χ1n) is 9.40. The summed E-state index contributed by atoms with van der Waals surface area (Å²) < 4.78 is 29.4. The summed E-state index contributed by atoms with van der Waals surface area (Å²) in [6.45, 7) is -2.98. The molecule has 1 saturated heterocycles. The Morgan fingerprint density at radius 3 is 2.55 bits per heavy atom. The Labute approximate surface area is 170 Å². The van der Waals surface area contributed by atoms with Crippen molar-refractivity contribution in [1.29, 1.82) is 0 Å². The number of amides is 1. The van der Waals surface area contributed by atoms with Gasteiger partial charge in [0, 0.05) is 29.3 Å². The molecule has 1 aromatic carbocycles. The van der Waals surface area contributed by atoms with Crippen LogP contribution in [0.2, 0.25) is 5.02 Å². The van der Waals surface area contributed by atoms with E-state index in [0.29, 0.717) is 35.6 Å². The number of rotatable bonds is 6. The van der Waals surface area contributed by atoms with Crippen molar-refractivity contribution >= 4 is 23.1 Å². The first-order chi connectivity index (χ1) is 13.9. The second-order valence-corrected chi connectivity index (χ2v) is 7.65. The standard InChI is InChI=1S/C21H19ClF2N2O3/c22-16-9-12(3-7-18(16)29-21(23)24)15(10-13-4-8-19(27)25-13)17-6-5-14(11-1-2-11)20(28)26-17/h3,5-7,9-11,13,21H,1-2,4,8H2,(H,25,27)(H,26,28)/b15-10-/t13-/m1/s1. The molecule has 1 atom stereocenters. The van der Waals surface area contributed by atoms with E-state index in [1.165, 1.54) is 12.1 Å². The van der Waals surface area contributed by atoms with Gasteiger partial charge < -0.3 is 15.0 Å². The Morgan fingerprint density at radius 1 is 1.17 bits per heavy atom. The van der Waals surface area contributed by atoms with Gasteiger partial charge in [0.05, 0.1) is 5.02 Å². The van der Waals surface area contributed by atoms with E-state index in [0.717, 1.165) is 18.4 Å². The summed E-state index contributed by atoms with van der Waals surface area (Å²) in [5.74, 6) is 0.146. The smallest absolute Gasteiger partial charge is 0.387 e. The first-order valence-corrected chi connectivity index (χ1v) is 9.78. The van der Waals surface area contributed by atoms with Gasteiger partial charge in [0.25, 0.3) is 5.56 Å². The number of ether oxygens (including phenoxy) is 1. The van der Waals surface area contributed by atoms with Crippen LogP contribution in [0.4, 0.5) is 8.78 Å². The molecule has 2 fully saturated rings. The molecule has 2 heterocycles. The summed E-state index contributed by atoms with van der Waals surface area (Å²) in [5, 5.41) is 2.89. The number of benzene rings is 1. The van der Waals surface area contributed by atoms with Crippen molar-refractivity contribution in [3.8, 4) is 5.75 Å². The molecule has 0 bridgehead atoms. The van der Waals surface area contributed by atoms with Crippen molar-refractivity contribution in [2.45, 2.75) is 44.3 Å². The van der Waals surface area contributed by atoms with Crippen molar-refractivity contribution < 1.29 is 18.3 Å². The number of pyridine rings is 1. The number of hydrogen-bond acceptors (Lipinski definition) is 3. The van der Waals surface area contributed by atoms with Crippen LogP contribution in [-0.4, -0.2) is 23.5 Å². The van der Waals surface area contributed by atoms with Crippen molar-refractivity contribution in [2.24, 2.45) is 0 Å². The first kappa shape index (κ1) is 19.6. The van der Waals surface area contributed by atoms with Crippen LogP contribution in [0.5, 0.6) is 5.75 Å². The Kier molecular flexibility index (Phi) is 5.41. The van der Waals surface area contributed by atoms with Gasteiger partial charge in [0.2, 0.25) is 5.91 Å². The highest BCUT2D eigenvalue weighted by Gasteiger charge is 2.27. The zero-order chi connectivity index (χ0) is 20.5. The largest absolute Gasteiger partial charge is 0.433 e. The molecule has 2 aliphatic rings. The maximum absolute atomic E-state index is 12.5. The van der Waals surface area contributed by atoms with Crippen LogP contribution in [0.25, 0.3) is 5.57 Å². The number of carbonyl (C=O) groups is 1. The lowest BCUT2D eigenvalue weighted by Gasteiger charge is -2.14. The number of H-pyrrole nitrogens is 1. The predicted octanol–water partition coefficient (Wildman–Crippen LogP) is 4.22. The van der Waals surface area contributed by atoms with E-state index >= 15 is 0 Å². The van der Waals surface area contributed by atoms with Crippen LogP contribution in [0, 0.1) is 0 Å². The van der Waals surface area contributed by atoms with Crippen LogP contribution in [0.15, 0.2) is 41.2 Å². The highest BCUT2D eigenvalue weighted by molar-refractivity contribution is 6.32. The van der Waals surface area contributed by atoms with E-state index in [9.17, 15) is 18.4 Å². The van der Waals surface area contributed by atoms with Crippen LogP contribution >= 0.6 is 11.6 Å². The van der Waals surface area contributed by atoms with Gasteiger partial charge in [-0.3, -0.25) is 9.59 Å². The second kappa shape index (κ2) is 7.99. The van der Waals surface area contributed by atoms with Gasteiger partial charge in [-0.15, -0.1) is 0 Å². The minimum absolute atomic E-state index is 0.0288. The molecule has 1 amide bonds. The van der Waals surface area contributed by atoms with Gasteiger partial charge >= 0.3 is 6.61 Å². The quantitative estimate of drug-likeness (QED) is 0.735. The van der Waals surface area contributed by atoms with Crippen molar-refractivity contribution in [2.75, 3.05) is 0 Å². The molecule has 8 heteroatoms. The second-order valence-electron chi connectivity index (χ2n) is 7.25. The van der Waals surface area contributed by atoms with Gasteiger partial charge in [0.1, 0.15) is 5.75 Å². The molecule has 2 aromatic rings. The molecule has 0 radical (unpaired) electrons. The van der Waals surface area contributed by atoms with E-state index < -0.39 is 6.61 Å². The van der Waals surface area contributed by atoms with Crippen LogP contribution < -0.4 is 15.6 Å². The average Bonchev–Trinajstić information content (AvgIpc) is 3.42. The Morgan fingerprint density at radius 2 is 1.97 bits per heavy atom. The van der Waals surface area contributed by atoms with E-state index in [1.807, 2.05) is 18.2 Å². The molecule has 0 unspecified atom stereocenters. The highest BCUT2D eigenvalue weighted by atomic mass is 35.5. The summed E-state index contributed by atoms with van der Waals surface area (Å²) in [7, 11) is 0. The van der Waals surface area contributed by atoms with E-state index in [1.54, 1.807) is 6.07 Å². The highest BCUT2D eigenvalue weighted by Crippen LogP contribution is 2.38. The van der Waals surface area contributed by atoms with E-state index in [2.05, 4.69) is 15.0 Å². The monoisotopic (exact) mass is 420 g/mol. The van der Waals surface area contributed by atoms with Crippen LogP contribution in [-0.2, 0) is 4.79 Å². The SMILES string of the molecule is O=C1CC[C@H](/C=C(/c2ccc(OC(F)F)c(Cl)c2)c2ccc(C3CC3)c(=O)[nH]2)N1. The molecular weight excluding hydrogens is 402 g/mol. The summed E-state index contributed by atoms with van der Waals surface area (Å²) in [6, 6.07) is 7.92. The molecule has 0 spiro atoms. The zero-order valence-corrected chi connectivity index (χ0v) is 16.1. The van der Waals surface area contributed by atoms with Crippen molar-refractivity contribution in [3.63, 3.8) is 0 Å². The number of aromatic nitrogens is 1. The predicted molar refractivity (Wildman–Crippen MR) is 105 cm³/mol. The summed E-state index contributed by atoms with van der Waals surface area (Å²) in [5.41, 5.74) is 2.46. The third-order valence-corrected chi connectivity index (χ3v) is 5.40. The number of aromatic amines is 1. The third-order valence-electron chi connectivity index (χ3n) is 5.10. The third kappa shape index (κ3) is 4.50. The Bertz CT molecular complexity index is 1030. The fourth-order valence-corrected chi connectivity index (χ4v) is 3.75. The molecule has 4 rings (SSSR count). The lowest BCUT2D eigenvalue weighted by molar-refractivity contribution is -0.119. The van der Waals surface area contributed by atoms with Gasteiger partial charge in [-0.1, -0.05) is 29.8 Å². The summed E-state index contributed by atoms with van der Waals surface area (Å²) >= 11 is 6.12. The minimum atomic E-state index is -2.98. The van der Waals surface area contributed by atoms with Crippen LogP contribution in [0.3, 0.4) is 0 Å². The van der Waals surface area contributed by atoms with Gasteiger partial charge in [-0.2, -0.15) is 8.78 Å². The zero-order valence-electron chi connectivity index (χ0n) is 15.4. The Balaban J connectivity index is 1.74. The molecule has 152 valence electrons. The number of nitrogens with one attached hydrogen (secondary N) is 2. The molecule has 29 heavy (non-hydrogen) atoms. The molecule has 1 aliphatic heterocycles. The normalized spacial score (nSPS) is 19.5. The fraction of sp³-hybridized carbons (Fsp3) is 0.333. The maximum atomic E-state index is 12.5. The van der Waals surface area contributed by atoms with Gasteiger partial charge in [0.15, 0.2) is 0 Å².